The van der Waals surface area contributed by atoms with Crippen LogP contribution >= 0.6 is 23.2 Å². The van der Waals surface area contributed by atoms with E-state index in [-0.39, 0.29) is 23.4 Å². The largest absolute Gasteiger partial charge is 0.497 e. The molecule has 0 saturated heterocycles. The second-order valence-corrected chi connectivity index (χ2v) is 13.3. The van der Waals surface area contributed by atoms with Gasteiger partial charge in [0.15, 0.2) is 0 Å². The van der Waals surface area contributed by atoms with Crippen molar-refractivity contribution in [3.8, 4) is 5.75 Å². The lowest BCUT2D eigenvalue weighted by atomic mass is 9.95. The monoisotopic (exact) mass is 645 g/mol. The fourth-order valence-corrected chi connectivity index (χ4v) is 7.18. The Hall–Kier alpha value is -3.27. The Kier molecular flexibility index (Phi) is 11.3. The van der Waals surface area contributed by atoms with Crippen LogP contribution in [0.25, 0.3) is 0 Å². The zero-order chi connectivity index (χ0) is 31.0. The molecule has 0 aromatic heterocycles. The number of halogens is 2. The van der Waals surface area contributed by atoms with Crippen LogP contribution in [0.5, 0.6) is 5.75 Å². The number of carbonyl (C=O) groups is 2. The van der Waals surface area contributed by atoms with Gasteiger partial charge in [0.2, 0.25) is 11.8 Å². The number of hydrogen-bond donors (Lipinski definition) is 1. The standard InChI is InChI=1S/C32H37Cl2N3O5S/c1-3-30(32(39)35-25-10-6-4-7-11-25)36(21-23-14-15-24(33)20-29(23)34)31(38)22-37(26-12-8-5-9-13-26)43(40,41)28-18-16-27(42-2)17-19-28/h5,8-9,12-20,25,30H,3-4,6-7,10-11,21-22H2,1-2H3,(H,35,39). The second kappa shape index (κ2) is 14.9. The molecule has 43 heavy (non-hydrogen) atoms. The summed E-state index contributed by atoms with van der Waals surface area (Å²) in [6.07, 6.45) is 5.33. The van der Waals surface area contributed by atoms with Gasteiger partial charge in [-0.1, -0.05) is 73.7 Å². The molecular formula is C32H37Cl2N3O5S. The highest BCUT2D eigenvalue weighted by molar-refractivity contribution is 7.92. The van der Waals surface area contributed by atoms with Gasteiger partial charge in [0, 0.05) is 22.6 Å². The number of amides is 2. The lowest BCUT2D eigenvalue weighted by Gasteiger charge is -2.34. The van der Waals surface area contributed by atoms with Crippen LogP contribution in [-0.4, -0.2) is 50.9 Å². The molecule has 1 aliphatic rings. The summed E-state index contributed by atoms with van der Waals surface area (Å²) >= 11 is 12.6. The summed E-state index contributed by atoms with van der Waals surface area (Å²) < 4.78 is 34.2. The van der Waals surface area contributed by atoms with Crippen LogP contribution in [-0.2, 0) is 26.2 Å². The van der Waals surface area contributed by atoms with Crippen LogP contribution in [0, 0.1) is 0 Å². The molecule has 3 aromatic carbocycles. The van der Waals surface area contributed by atoms with Gasteiger partial charge in [0.05, 0.1) is 17.7 Å². The van der Waals surface area contributed by atoms with Crippen molar-refractivity contribution in [3.63, 3.8) is 0 Å². The van der Waals surface area contributed by atoms with E-state index in [4.69, 9.17) is 27.9 Å². The Labute approximate surface area is 264 Å². The van der Waals surface area contributed by atoms with Gasteiger partial charge in [0.1, 0.15) is 18.3 Å². The van der Waals surface area contributed by atoms with E-state index < -0.39 is 28.5 Å². The molecule has 1 atom stereocenters. The Bertz CT molecular complexity index is 1500. The van der Waals surface area contributed by atoms with E-state index in [2.05, 4.69) is 5.32 Å². The minimum absolute atomic E-state index is 0.000619. The molecule has 11 heteroatoms. The number of ether oxygens (including phenoxy) is 1. The molecule has 0 radical (unpaired) electrons. The number of methoxy groups -OCH3 is 1. The van der Waals surface area contributed by atoms with Gasteiger partial charge in [0.25, 0.3) is 10.0 Å². The molecule has 4 rings (SSSR count). The Morgan fingerprint density at radius 2 is 1.65 bits per heavy atom. The predicted octanol–water partition coefficient (Wildman–Crippen LogP) is 6.45. The third kappa shape index (κ3) is 8.22. The van der Waals surface area contributed by atoms with Crippen molar-refractivity contribution in [2.24, 2.45) is 0 Å². The summed E-state index contributed by atoms with van der Waals surface area (Å²) in [6, 6.07) is 18.5. The molecule has 0 aliphatic heterocycles. The smallest absolute Gasteiger partial charge is 0.264 e. The highest BCUT2D eigenvalue weighted by Crippen LogP contribution is 2.28. The van der Waals surface area contributed by atoms with Gasteiger partial charge in [-0.25, -0.2) is 8.42 Å². The van der Waals surface area contributed by atoms with Crippen molar-refractivity contribution >= 4 is 50.7 Å². The SMILES string of the molecule is CCC(C(=O)NC1CCCCC1)N(Cc1ccc(Cl)cc1Cl)C(=O)CN(c1ccccc1)S(=O)(=O)c1ccc(OC)cc1. The van der Waals surface area contributed by atoms with E-state index in [9.17, 15) is 18.0 Å². The van der Waals surface area contributed by atoms with Gasteiger partial charge in [-0.2, -0.15) is 0 Å². The highest BCUT2D eigenvalue weighted by atomic mass is 35.5. The van der Waals surface area contributed by atoms with E-state index in [1.165, 1.54) is 24.1 Å². The highest BCUT2D eigenvalue weighted by Gasteiger charge is 2.34. The number of hydrogen-bond acceptors (Lipinski definition) is 5. The number of para-hydroxylation sites is 1. The molecule has 8 nitrogen and oxygen atoms in total. The fraction of sp³-hybridized carbons (Fsp3) is 0.375. The van der Waals surface area contributed by atoms with E-state index in [0.29, 0.717) is 33.5 Å². The van der Waals surface area contributed by atoms with Gasteiger partial charge in [-0.3, -0.25) is 13.9 Å². The summed E-state index contributed by atoms with van der Waals surface area (Å²) in [5.41, 5.74) is 0.906. The lowest BCUT2D eigenvalue weighted by Crippen LogP contribution is -2.54. The average molecular weight is 647 g/mol. The molecule has 1 aliphatic carbocycles. The molecule has 1 saturated carbocycles. The Balaban J connectivity index is 1.70. The third-order valence-corrected chi connectivity index (χ3v) is 10.0. The Morgan fingerprint density at radius 3 is 2.26 bits per heavy atom. The number of rotatable bonds is 12. The minimum Gasteiger partial charge on any atom is -0.497 e. The number of anilines is 1. The van der Waals surface area contributed by atoms with Crippen LogP contribution in [0.2, 0.25) is 10.0 Å². The van der Waals surface area contributed by atoms with Crippen molar-refractivity contribution < 1.29 is 22.7 Å². The zero-order valence-corrected chi connectivity index (χ0v) is 26.7. The maximum atomic E-state index is 14.2. The average Bonchev–Trinajstić information content (AvgIpc) is 3.01. The van der Waals surface area contributed by atoms with Crippen molar-refractivity contribution in [1.29, 1.82) is 0 Å². The molecule has 2 amide bonds. The van der Waals surface area contributed by atoms with Crippen LogP contribution in [0.3, 0.4) is 0 Å². The molecular weight excluding hydrogens is 609 g/mol. The van der Waals surface area contributed by atoms with Crippen molar-refractivity contribution in [3.05, 3.63) is 88.4 Å². The van der Waals surface area contributed by atoms with Crippen LogP contribution in [0.15, 0.2) is 77.7 Å². The predicted molar refractivity (Wildman–Crippen MR) is 170 cm³/mol. The lowest BCUT2D eigenvalue weighted by molar-refractivity contribution is -0.140. The molecule has 0 bridgehead atoms. The first-order valence-electron chi connectivity index (χ1n) is 14.4. The summed E-state index contributed by atoms with van der Waals surface area (Å²) in [5, 5.41) is 3.92. The van der Waals surface area contributed by atoms with Crippen LogP contribution in [0.1, 0.15) is 51.0 Å². The number of nitrogens with one attached hydrogen (secondary N) is 1. The molecule has 0 heterocycles. The fourth-order valence-electron chi connectivity index (χ4n) is 5.30. The van der Waals surface area contributed by atoms with E-state index in [0.717, 1.165) is 36.4 Å². The van der Waals surface area contributed by atoms with E-state index in [1.54, 1.807) is 60.7 Å². The van der Waals surface area contributed by atoms with Crippen molar-refractivity contribution in [1.82, 2.24) is 10.2 Å². The van der Waals surface area contributed by atoms with Gasteiger partial charge < -0.3 is 15.0 Å². The number of carbonyl (C=O) groups excluding carboxylic acids is 2. The number of sulfonamides is 1. The van der Waals surface area contributed by atoms with Crippen LogP contribution in [0.4, 0.5) is 5.69 Å². The zero-order valence-electron chi connectivity index (χ0n) is 24.3. The van der Waals surface area contributed by atoms with Crippen molar-refractivity contribution in [2.45, 2.75) is 69.0 Å². The van der Waals surface area contributed by atoms with E-state index in [1.807, 2.05) is 6.92 Å². The summed E-state index contributed by atoms with van der Waals surface area (Å²) in [7, 11) is -2.69. The first-order valence-corrected chi connectivity index (χ1v) is 16.6. The second-order valence-electron chi connectivity index (χ2n) is 10.5. The maximum Gasteiger partial charge on any atom is 0.264 e. The quantitative estimate of drug-likeness (QED) is 0.244. The number of nitrogens with zero attached hydrogens (tertiary/aromatic N) is 2. The maximum absolute atomic E-state index is 14.2. The van der Waals surface area contributed by atoms with Gasteiger partial charge in [-0.05, 0) is 73.4 Å². The van der Waals surface area contributed by atoms with Gasteiger partial charge in [-0.15, -0.1) is 0 Å². The molecule has 1 unspecified atom stereocenters. The third-order valence-electron chi connectivity index (χ3n) is 7.66. The normalized spacial score (nSPS) is 14.5. The molecule has 0 spiro atoms. The summed E-state index contributed by atoms with van der Waals surface area (Å²) in [6.45, 7) is 1.30. The topological polar surface area (TPSA) is 96.0 Å². The molecule has 1 N–H and O–H groups in total. The first-order chi connectivity index (χ1) is 20.6. The van der Waals surface area contributed by atoms with E-state index >= 15 is 0 Å². The summed E-state index contributed by atoms with van der Waals surface area (Å²) in [4.78, 5) is 29.3. The molecule has 230 valence electrons. The van der Waals surface area contributed by atoms with Crippen molar-refractivity contribution in [2.75, 3.05) is 18.0 Å². The molecule has 1 fully saturated rings. The Morgan fingerprint density at radius 1 is 0.977 bits per heavy atom. The molecule has 3 aromatic rings. The van der Waals surface area contributed by atoms with Gasteiger partial charge >= 0.3 is 0 Å². The summed E-state index contributed by atoms with van der Waals surface area (Å²) in [5.74, 6) is -0.309. The van der Waals surface area contributed by atoms with Crippen LogP contribution < -0.4 is 14.4 Å². The first kappa shape index (κ1) is 32.6. The number of benzene rings is 3. The minimum atomic E-state index is -4.18.